The van der Waals surface area contributed by atoms with Gasteiger partial charge in [-0.25, -0.2) is 4.79 Å². The molecule has 0 radical (unpaired) electrons. The molecule has 4 heterocycles. The maximum Gasteiger partial charge on any atom is 0.324 e. The maximum atomic E-state index is 12.8. The van der Waals surface area contributed by atoms with E-state index in [2.05, 4.69) is 9.80 Å². The first-order valence-corrected chi connectivity index (χ1v) is 8.16. The Hall–Kier alpha value is -1.26. The SMILES string of the molecule is O=C1N(c2ccc(Cl)cc2)CCN1C1CN2CCC1CC2. The van der Waals surface area contributed by atoms with Crippen molar-refractivity contribution < 1.29 is 4.79 Å². The lowest BCUT2D eigenvalue weighted by Gasteiger charge is -2.47. The molecule has 5 heteroatoms. The molecule has 4 fully saturated rings. The van der Waals surface area contributed by atoms with Crippen molar-refractivity contribution in [2.24, 2.45) is 5.92 Å². The average molecular weight is 306 g/mol. The lowest BCUT2D eigenvalue weighted by Crippen LogP contribution is -2.58. The summed E-state index contributed by atoms with van der Waals surface area (Å²) in [6, 6.07) is 8.14. The molecule has 4 saturated heterocycles. The van der Waals surface area contributed by atoms with Crippen LogP contribution in [0.2, 0.25) is 5.02 Å². The molecule has 2 amide bonds. The van der Waals surface area contributed by atoms with Gasteiger partial charge in [0.2, 0.25) is 0 Å². The molecule has 21 heavy (non-hydrogen) atoms. The molecule has 1 atom stereocenters. The fourth-order valence-electron chi connectivity index (χ4n) is 4.01. The number of amides is 2. The fraction of sp³-hybridized carbons (Fsp3) is 0.562. The Balaban J connectivity index is 1.52. The highest BCUT2D eigenvalue weighted by Crippen LogP contribution is 2.33. The number of carbonyl (C=O) groups is 1. The lowest BCUT2D eigenvalue weighted by molar-refractivity contribution is 0.0300. The number of urea groups is 1. The first-order valence-electron chi connectivity index (χ1n) is 7.78. The maximum absolute atomic E-state index is 12.8. The summed E-state index contributed by atoms with van der Waals surface area (Å²) in [5.41, 5.74) is 0.952. The van der Waals surface area contributed by atoms with E-state index in [0.717, 1.165) is 25.3 Å². The van der Waals surface area contributed by atoms with Crippen LogP contribution in [0.15, 0.2) is 24.3 Å². The molecule has 4 nitrogen and oxygen atoms in total. The predicted octanol–water partition coefficient (Wildman–Crippen LogP) is 2.68. The van der Waals surface area contributed by atoms with E-state index in [4.69, 9.17) is 11.6 Å². The number of hydrogen-bond donors (Lipinski definition) is 0. The summed E-state index contributed by atoms with van der Waals surface area (Å²) in [5, 5.41) is 0.708. The Morgan fingerprint density at radius 1 is 1.00 bits per heavy atom. The molecule has 0 aliphatic carbocycles. The third-order valence-electron chi connectivity index (χ3n) is 5.20. The van der Waals surface area contributed by atoms with E-state index in [1.165, 1.54) is 25.9 Å². The standard InChI is InChI=1S/C16H20ClN3O/c17-13-1-3-14(4-2-13)19-9-10-20(16(19)21)15-11-18-7-5-12(15)6-8-18/h1-4,12,15H,5-11H2. The van der Waals surface area contributed by atoms with Crippen molar-refractivity contribution in [3.8, 4) is 0 Å². The molecule has 5 rings (SSSR count). The van der Waals surface area contributed by atoms with Crippen LogP contribution in [-0.4, -0.2) is 54.6 Å². The van der Waals surface area contributed by atoms with Crippen molar-refractivity contribution in [3.05, 3.63) is 29.3 Å². The molecule has 1 aromatic carbocycles. The second-order valence-corrected chi connectivity index (χ2v) is 6.75. The van der Waals surface area contributed by atoms with E-state index in [-0.39, 0.29) is 6.03 Å². The summed E-state index contributed by atoms with van der Waals surface area (Å²) in [7, 11) is 0. The molecule has 112 valence electrons. The minimum atomic E-state index is 0.163. The third-order valence-corrected chi connectivity index (χ3v) is 5.45. The van der Waals surface area contributed by atoms with Crippen LogP contribution < -0.4 is 4.90 Å². The Morgan fingerprint density at radius 3 is 2.33 bits per heavy atom. The molecule has 0 spiro atoms. The Morgan fingerprint density at radius 2 is 1.71 bits per heavy atom. The molecular weight excluding hydrogens is 286 g/mol. The normalized spacial score (nSPS) is 32.0. The van der Waals surface area contributed by atoms with Crippen LogP contribution in [0.1, 0.15) is 12.8 Å². The van der Waals surface area contributed by atoms with Crippen molar-refractivity contribution in [3.63, 3.8) is 0 Å². The molecule has 4 aliphatic rings. The summed E-state index contributed by atoms with van der Waals surface area (Å²) in [6.07, 6.45) is 2.49. The van der Waals surface area contributed by atoms with Crippen molar-refractivity contribution >= 4 is 23.3 Å². The van der Waals surface area contributed by atoms with Gasteiger partial charge in [-0.1, -0.05) is 11.6 Å². The number of halogens is 1. The summed E-state index contributed by atoms with van der Waals surface area (Å²) in [5.74, 6) is 0.698. The lowest BCUT2D eigenvalue weighted by atomic mass is 9.83. The topological polar surface area (TPSA) is 26.8 Å². The second kappa shape index (κ2) is 5.18. The third kappa shape index (κ3) is 2.30. The van der Waals surface area contributed by atoms with Gasteiger partial charge in [0, 0.05) is 36.4 Å². The number of hydrogen-bond acceptors (Lipinski definition) is 2. The summed E-state index contributed by atoms with van der Waals surface area (Å²) < 4.78 is 0. The van der Waals surface area contributed by atoms with Gasteiger partial charge < -0.3 is 9.80 Å². The Bertz CT molecular complexity index is 539. The first-order chi connectivity index (χ1) is 10.2. The van der Waals surface area contributed by atoms with Crippen LogP contribution in [0.5, 0.6) is 0 Å². The number of anilines is 1. The van der Waals surface area contributed by atoms with Crippen LogP contribution in [0.4, 0.5) is 10.5 Å². The van der Waals surface area contributed by atoms with Crippen LogP contribution >= 0.6 is 11.6 Å². The van der Waals surface area contributed by atoms with Crippen LogP contribution in [-0.2, 0) is 0 Å². The zero-order valence-corrected chi connectivity index (χ0v) is 12.8. The van der Waals surface area contributed by atoms with Gasteiger partial charge in [0.1, 0.15) is 0 Å². The number of fused-ring (bicyclic) bond motifs is 3. The van der Waals surface area contributed by atoms with Crippen LogP contribution in [0, 0.1) is 5.92 Å². The highest BCUT2D eigenvalue weighted by atomic mass is 35.5. The Labute approximate surface area is 130 Å². The zero-order chi connectivity index (χ0) is 14.4. The molecule has 4 aliphatic heterocycles. The van der Waals surface area contributed by atoms with Gasteiger partial charge in [-0.3, -0.25) is 4.90 Å². The highest BCUT2D eigenvalue weighted by Gasteiger charge is 2.42. The van der Waals surface area contributed by atoms with Crippen LogP contribution in [0.25, 0.3) is 0 Å². The van der Waals surface area contributed by atoms with E-state index in [1.54, 1.807) is 0 Å². The molecule has 0 aromatic heterocycles. The van der Waals surface area contributed by atoms with Gasteiger partial charge in [-0.05, 0) is 56.1 Å². The summed E-state index contributed by atoms with van der Waals surface area (Å²) in [6.45, 7) is 5.11. The van der Waals surface area contributed by atoms with Gasteiger partial charge in [0.15, 0.2) is 0 Å². The van der Waals surface area contributed by atoms with E-state index in [1.807, 2.05) is 29.2 Å². The first kappa shape index (κ1) is 13.4. The van der Waals surface area contributed by atoms with Gasteiger partial charge in [-0.15, -0.1) is 0 Å². The van der Waals surface area contributed by atoms with E-state index in [9.17, 15) is 4.79 Å². The van der Waals surface area contributed by atoms with Crippen LogP contribution in [0.3, 0.4) is 0 Å². The Kier molecular flexibility index (Phi) is 3.31. The number of rotatable bonds is 2. The van der Waals surface area contributed by atoms with Crippen molar-refractivity contribution in [1.82, 2.24) is 9.80 Å². The second-order valence-electron chi connectivity index (χ2n) is 6.31. The summed E-state index contributed by atoms with van der Waals surface area (Å²) >= 11 is 5.93. The van der Waals surface area contributed by atoms with Gasteiger partial charge in [-0.2, -0.15) is 0 Å². The molecule has 1 unspecified atom stereocenters. The monoisotopic (exact) mass is 305 g/mol. The highest BCUT2D eigenvalue weighted by molar-refractivity contribution is 6.30. The molecule has 1 aromatic rings. The smallest absolute Gasteiger partial charge is 0.318 e. The molecule has 0 N–H and O–H groups in total. The van der Waals surface area contributed by atoms with E-state index >= 15 is 0 Å². The van der Waals surface area contributed by atoms with E-state index < -0.39 is 0 Å². The zero-order valence-electron chi connectivity index (χ0n) is 12.0. The molecule has 2 bridgehead atoms. The largest absolute Gasteiger partial charge is 0.324 e. The van der Waals surface area contributed by atoms with Gasteiger partial charge >= 0.3 is 6.03 Å². The predicted molar refractivity (Wildman–Crippen MR) is 83.9 cm³/mol. The number of piperidine rings is 3. The van der Waals surface area contributed by atoms with Gasteiger partial charge in [0.05, 0.1) is 0 Å². The number of carbonyl (C=O) groups excluding carboxylic acids is 1. The summed E-state index contributed by atoms with van der Waals surface area (Å²) in [4.78, 5) is 19.3. The quantitative estimate of drug-likeness (QED) is 0.840. The number of benzene rings is 1. The average Bonchev–Trinajstić information content (AvgIpc) is 2.91. The van der Waals surface area contributed by atoms with E-state index in [0.29, 0.717) is 17.0 Å². The molecular formula is C16H20ClN3O. The minimum absolute atomic E-state index is 0.163. The van der Waals surface area contributed by atoms with Crippen molar-refractivity contribution in [1.29, 1.82) is 0 Å². The number of nitrogens with zero attached hydrogens (tertiary/aromatic N) is 3. The minimum Gasteiger partial charge on any atom is -0.318 e. The van der Waals surface area contributed by atoms with Gasteiger partial charge in [0.25, 0.3) is 0 Å². The molecule has 0 saturated carbocycles. The van der Waals surface area contributed by atoms with Crippen molar-refractivity contribution in [2.75, 3.05) is 37.6 Å². The fourth-order valence-corrected chi connectivity index (χ4v) is 4.14. The van der Waals surface area contributed by atoms with Crippen molar-refractivity contribution in [2.45, 2.75) is 18.9 Å².